The van der Waals surface area contributed by atoms with Gasteiger partial charge in [-0.25, -0.2) is 4.98 Å². The molecule has 1 aromatic heterocycles. The average molecular weight is 407 g/mol. The SMILES string of the molecule is Cc1cccc(-n2ccnc2SCC(=O)NC2CCN(Cc3ccccc3)C2)c1. The maximum absolute atomic E-state index is 12.5. The lowest BCUT2D eigenvalue weighted by Crippen LogP contribution is -2.38. The van der Waals surface area contributed by atoms with Crippen LogP contribution in [0.3, 0.4) is 0 Å². The summed E-state index contributed by atoms with van der Waals surface area (Å²) >= 11 is 1.48. The summed E-state index contributed by atoms with van der Waals surface area (Å²) in [5.41, 5.74) is 3.59. The number of nitrogens with zero attached hydrogens (tertiary/aromatic N) is 3. The topological polar surface area (TPSA) is 50.2 Å². The van der Waals surface area contributed by atoms with Gasteiger partial charge in [0, 0.05) is 43.8 Å². The number of nitrogens with one attached hydrogen (secondary N) is 1. The van der Waals surface area contributed by atoms with E-state index >= 15 is 0 Å². The monoisotopic (exact) mass is 406 g/mol. The van der Waals surface area contributed by atoms with Gasteiger partial charge < -0.3 is 5.32 Å². The zero-order valence-corrected chi connectivity index (χ0v) is 17.4. The van der Waals surface area contributed by atoms with Gasteiger partial charge in [0.05, 0.1) is 5.75 Å². The van der Waals surface area contributed by atoms with Crippen LogP contribution in [-0.4, -0.2) is 45.2 Å². The molecule has 1 atom stereocenters. The van der Waals surface area contributed by atoms with Gasteiger partial charge in [-0.15, -0.1) is 0 Å². The number of carbonyl (C=O) groups is 1. The van der Waals surface area contributed by atoms with Gasteiger partial charge >= 0.3 is 0 Å². The molecule has 2 heterocycles. The molecule has 0 saturated carbocycles. The normalized spacial score (nSPS) is 16.8. The zero-order valence-electron chi connectivity index (χ0n) is 16.6. The first-order chi connectivity index (χ1) is 14.2. The van der Waals surface area contributed by atoms with Crippen molar-refractivity contribution in [2.24, 2.45) is 0 Å². The van der Waals surface area contributed by atoms with Crippen molar-refractivity contribution >= 4 is 17.7 Å². The van der Waals surface area contributed by atoms with E-state index in [0.29, 0.717) is 5.75 Å². The number of hydrogen-bond acceptors (Lipinski definition) is 4. The van der Waals surface area contributed by atoms with Crippen LogP contribution in [0.25, 0.3) is 5.69 Å². The van der Waals surface area contributed by atoms with Crippen molar-refractivity contribution in [2.75, 3.05) is 18.8 Å². The van der Waals surface area contributed by atoms with Crippen molar-refractivity contribution < 1.29 is 4.79 Å². The predicted molar refractivity (Wildman–Crippen MR) is 117 cm³/mol. The van der Waals surface area contributed by atoms with E-state index in [4.69, 9.17) is 0 Å². The fraction of sp³-hybridized carbons (Fsp3) is 0.304. The van der Waals surface area contributed by atoms with E-state index in [1.54, 1.807) is 6.20 Å². The second kappa shape index (κ2) is 9.29. The zero-order chi connectivity index (χ0) is 20.1. The molecule has 1 aliphatic rings. The minimum atomic E-state index is 0.0698. The molecule has 0 radical (unpaired) electrons. The summed E-state index contributed by atoms with van der Waals surface area (Å²) < 4.78 is 2.03. The molecule has 1 fully saturated rings. The number of benzene rings is 2. The highest BCUT2D eigenvalue weighted by molar-refractivity contribution is 7.99. The summed E-state index contributed by atoms with van der Waals surface area (Å²) in [4.78, 5) is 19.3. The molecule has 5 nitrogen and oxygen atoms in total. The lowest BCUT2D eigenvalue weighted by Gasteiger charge is -2.16. The van der Waals surface area contributed by atoms with Crippen molar-refractivity contribution in [1.29, 1.82) is 0 Å². The first-order valence-electron chi connectivity index (χ1n) is 9.96. The fourth-order valence-corrected chi connectivity index (χ4v) is 4.49. The van der Waals surface area contributed by atoms with E-state index in [0.717, 1.165) is 36.9 Å². The summed E-state index contributed by atoms with van der Waals surface area (Å²) in [5, 5.41) is 4.02. The third-order valence-electron chi connectivity index (χ3n) is 5.11. The lowest BCUT2D eigenvalue weighted by molar-refractivity contribution is -0.119. The van der Waals surface area contributed by atoms with Crippen molar-refractivity contribution in [2.45, 2.75) is 31.1 Å². The molecule has 1 amide bonds. The fourth-order valence-electron chi connectivity index (χ4n) is 3.71. The molecule has 3 aromatic rings. The molecule has 4 rings (SSSR count). The quantitative estimate of drug-likeness (QED) is 0.609. The number of carbonyl (C=O) groups excluding carboxylic acids is 1. The van der Waals surface area contributed by atoms with Crippen LogP contribution in [0.4, 0.5) is 0 Å². The average Bonchev–Trinajstić information content (AvgIpc) is 3.36. The van der Waals surface area contributed by atoms with Crippen molar-refractivity contribution in [3.63, 3.8) is 0 Å². The third kappa shape index (κ3) is 5.28. The van der Waals surface area contributed by atoms with Gasteiger partial charge in [-0.1, -0.05) is 54.2 Å². The third-order valence-corrected chi connectivity index (χ3v) is 6.07. The van der Waals surface area contributed by atoms with Crippen LogP contribution in [-0.2, 0) is 11.3 Å². The van der Waals surface area contributed by atoms with Gasteiger partial charge in [-0.2, -0.15) is 0 Å². The molecule has 0 spiro atoms. The predicted octanol–water partition coefficient (Wildman–Crippen LogP) is 3.66. The Morgan fingerprint density at radius 3 is 2.90 bits per heavy atom. The first kappa shape index (κ1) is 19.7. The molecule has 0 aliphatic carbocycles. The van der Waals surface area contributed by atoms with E-state index in [9.17, 15) is 4.79 Å². The molecule has 29 heavy (non-hydrogen) atoms. The Labute approximate surface area is 176 Å². The number of likely N-dealkylation sites (tertiary alicyclic amines) is 1. The molecule has 1 unspecified atom stereocenters. The van der Waals surface area contributed by atoms with Crippen molar-refractivity contribution in [3.8, 4) is 5.69 Å². The number of imidazole rings is 1. The maximum atomic E-state index is 12.5. The van der Waals surface area contributed by atoms with Crippen molar-refractivity contribution in [1.82, 2.24) is 19.8 Å². The first-order valence-corrected chi connectivity index (χ1v) is 10.9. The largest absolute Gasteiger partial charge is 0.351 e. The van der Waals surface area contributed by atoms with Gasteiger partial charge in [-0.05, 0) is 36.6 Å². The van der Waals surface area contributed by atoms with Crippen LogP contribution in [0.5, 0.6) is 0 Å². The second-order valence-corrected chi connectivity index (χ2v) is 8.42. The van der Waals surface area contributed by atoms with Crippen LogP contribution in [0, 0.1) is 6.92 Å². The van der Waals surface area contributed by atoms with Crippen LogP contribution in [0.2, 0.25) is 0 Å². The van der Waals surface area contributed by atoms with Gasteiger partial charge in [0.25, 0.3) is 0 Å². The number of aromatic nitrogens is 2. The van der Waals surface area contributed by atoms with Crippen LogP contribution < -0.4 is 5.32 Å². The highest BCUT2D eigenvalue weighted by Crippen LogP contribution is 2.21. The van der Waals surface area contributed by atoms with Gasteiger partial charge in [-0.3, -0.25) is 14.3 Å². The smallest absolute Gasteiger partial charge is 0.230 e. The second-order valence-electron chi connectivity index (χ2n) is 7.48. The summed E-state index contributed by atoms with van der Waals surface area (Å²) in [5.74, 6) is 0.443. The Morgan fingerprint density at radius 1 is 1.21 bits per heavy atom. The van der Waals surface area contributed by atoms with E-state index in [1.807, 2.05) is 22.9 Å². The van der Waals surface area contributed by atoms with E-state index < -0.39 is 0 Å². The summed E-state index contributed by atoms with van der Waals surface area (Å²) in [6, 6.07) is 19.0. The minimum Gasteiger partial charge on any atom is -0.351 e. The van der Waals surface area contributed by atoms with E-state index in [-0.39, 0.29) is 11.9 Å². The molecule has 1 N–H and O–H groups in total. The van der Waals surface area contributed by atoms with Crippen LogP contribution in [0.1, 0.15) is 17.5 Å². The Bertz CT molecular complexity index is 956. The summed E-state index contributed by atoms with van der Waals surface area (Å²) in [7, 11) is 0. The number of amides is 1. The van der Waals surface area contributed by atoms with E-state index in [2.05, 4.69) is 64.6 Å². The standard InChI is InChI=1S/C23H26N4OS/c1-18-6-5-9-21(14-18)27-13-11-24-23(27)29-17-22(28)25-20-10-12-26(16-20)15-19-7-3-2-4-8-19/h2-9,11,13-14,20H,10,12,15-17H2,1H3,(H,25,28). The number of rotatable bonds is 7. The molecule has 6 heteroatoms. The number of thioether (sulfide) groups is 1. The Kier molecular flexibility index (Phi) is 6.32. The maximum Gasteiger partial charge on any atom is 0.230 e. The Balaban J connectivity index is 1.27. The summed E-state index contributed by atoms with van der Waals surface area (Å²) in [6.45, 7) is 4.94. The van der Waals surface area contributed by atoms with Gasteiger partial charge in [0.1, 0.15) is 0 Å². The molecule has 150 valence electrons. The van der Waals surface area contributed by atoms with Crippen LogP contribution in [0.15, 0.2) is 72.1 Å². The highest BCUT2D eigenvalue weighted by Gasteiger charge is 2.24. The molecular weight excluding hydrogens is 380 g/mol. The molecule has 0 bridgehead atoms. The Hall–Kier alpha value is -2.57. The molecule has 2 aromatic carbocycles. The number of aryl methyl sites for hydroxylation is 1. The van der Waals surface area contributed by atoms with Crippen molar-refractivity contribution in [3.05, 3.63) is 78.1 Å². The summed E-state index contributed by atoms with van der Waals surface area (Å²) in [6.07, 6.45) is 4.72. The van der Waals surface area contributed by atoms with Gasteiger partial charge in [0.2, 0.25) is 5.91 Å². The molecular formula is C23H26N4OS. The molecule has 1 saturated heterocycles. The minimum absolute atomic E-state index is 0.0698. The Morgan fingerprint density at radius 2 is 2.07 bits per heavy atom. The lowest BCUT2D eigenvalue weighted by atomic mass is 10.2. The number of hydrogen-bond donors (Lipinski definition) is 1. The van der Waals surface area contributed by atoms with Gasteiger partial charge in [0.15, 0.2) is 5.16 Å². The highest BCUT2D eigenvalue weighted by atomic mass is 32.2. The van der Waals surface area contributed by atoms with E-state index in [1.165, 1.54) is 22.9 Å². The molecule has 1 aliphatic heterocycles. The van der Waals surface area contributed by atoms with Crippen LogP contribution >= 0.6 is 11.8 Å².